The molecule has 1 aromatic rings. The van der Waals surface area contributed by atoms with Crippen molar-refractivity contribution in [2.24, 2.45) is 0 Å². The van der Waals surface area contributed by atoms with Crippen molar-refractivity contribution in [3.63, 3.8) is 0 Å². The highest BCUT2D eigenvalue weighted by Gasteiger charge is 2.35. The van der Waals surface area contributed by atoms with Crippen LogP contribution in [0.2, 0.25) is 0 Å². The molecule has 8 heteroatoms. The van der Waals surface area contributed by atoms with Gasteiger partial charge < -0.3 is 9.64 Å². The first-order valence-electron chi connectivity index (χ1n) is 10.0. The van der Waals surface area contributed by atoms with Gasteiger partial charge in [0.2, 0.25) is 0 Å². The van der Waals surface area contributed by atoms with Crippen LogP contribution in [-0.2, 0) is 10.2 Å². The Morgan fingerprint density at radius 1 is 1.11 bits per heavy atom. The van der Waals surface area contributed by atoms with Gasteiger partial charge in [0.05, 0.1) is 7.11 Å². The Morgan fingerprint density at radius 2 is 1.75 bits per heavy atom. The van der Waals surface area contributed by atoms with Crippen LogP contribution in [0.15, 0.2) is 18.2 Å². The first-order chi connectivity index (χ1) is 13.3. The minimum atomic E-state index is -3.48. The quantitative estimate of drug-likeness (QED) is 0.748. The Hall–Kier alpha value is -1.64. The number of benzene rings is 1. The van der Waals surface area contributed by atoms with E-state index >= 15 is 0 Å². The van der Waals surface area contributed by atoms with E-state index in [0.717, 1.165) is 31.2 Å². The van der Waals surface area contributed by atoms with E-state index in [0.29, 0.717) is 37.5 Å². The van der Waals surface area contributed by atoms with Crippen LogP contribution in [0.3, 0.4) is 0 Å². The molecule has 1 heterocycles. The molecule has 1 saturated carbocycles. The number of methoxy groups -OCH3 is 1. The lowest BCUT2D eigenvalue weighted by Crippen LogP contribution is -2.55. The molecular weight excluding hydrogens is 378 g/mol. The van der Waals surface area contributed by atoms with Crippen LogP contribution < -0.4 is 4.74 Å². The van der Waals surface area contributed by atoms with E-state index in [1.807, 2.05) is 13.0 Å². The van der Waals surface area contributed by atoms with Crippen LogP contribution in [0.25, 0.3) is 0 Å². The number of rotatable bonds is 5. The zero-order valence-electron chi connectivity index (χ0n) is 17.1. The van der Waals surface area contributed by atoms with Gasteiger partial charge in [-0.05, 0) is 37.5 Å². The second-order valence-corrected chi connectivity index (χ2v) is 9.68. The molecule has 156 valence electrons. The highest BCUT2D eigenvalue weighted by Crippen LogP contribution is 2.25. The molecule has 0 radical (unpaired) electrons. The van der Waals surface area contributed by atoms with Crippen molar-refractivity contribution >= 4 is 16.1 Å². The number of carbonyl (C=O) groups excluding carboxylic acids is 1. The maximum Gasteiger partial charge on any atom is 0.282 e. The van der Waals surface area contributed by atoms with E-state index in [2.05, 4.69) is 0 Å². The predicted molar refractivity (Wildman–Crippen MR) is 109 cm³/mol. The van der Waals surface area contributed by atoms with Gasteiger partial charge >= 0.3 is 0 Å². The summed E-state index contributed by atoms with van der Waals surface area (Å²) in [7, 11) is -0.201. The maximum atomic E-state index is 13.0. The molecular formula is C20H31N3O4S. The number of piperazine rings is 1. The molecule has 3 rings (SSSR count). The van der Waals surface area contributed by atoms with Crippen molar-refractivity contribution in [3.05, 3.63) is 29.3 Å². The summed E-state index contributed by atoms with van der Waals surface area (Å²) in [5.74, 6) is 0.595. The van der Waals surface area contributed by atoms with E-state index in [-0.39, 0.29) is 11.9 Å². The number of amides is 1. The molecule has 0 atom stereocenters. The molecule has 2 fully saturated rings. The lowest BCUT2D eigenvalue weighted by atomic mass is 9.96. The first kappa shape index (κ1) is 21.1. The number of ether oxygens (including phenoxy) is 1. The largest absolute Gasteiger partial charge is 0.496 e. The van der Waals surface area contributed by atoms with Crippen LogP contribution in [0.5, 0.6) is 5.75 Å². The number of hydrogen-bond donors (Lipinski definition) is 0. The minimum Gasteiger partial charge on any atom is -0.496 e. The zero-order chi connectivity index (χ0) is 20.3. The predicted octanol–water partition coefficient (Wildman–Crippen LogP) is 2.27. The third-order valence-corrected chi connectivity index (χ3v) is 8.00. The molecule has 0 bridgehead atoms. The summed E-state index contributed by atoms with van der Waals surface area (Å²) < 4.78 is 34.3. The molecule has 1 aliphatic heterocycles. The molecule has 1 aliphatic carbocycles. The van der Waals surface area contributed by atoms with Gasteiger partial charge in [-0.15, -0.1) is 0 Å². The van der Waals surface area contributed by atoms with Gasteiger partial charge in [-0.2, -0.15) is 17.0 Å². The van der Waals surface area contributed by atoms with Crippen molar-refractivity contribution in [2.45, 2.75) is 45.1 Å². The summed E-state index contributed by atoms with van der Waals surface area (Å²) in [6.07, 6.45) is 5.24. The standard InChI is InChI=1S/C20H31N3O4S/c1-16-9-10-17(15-19(16)27-3)20(24)22-11-13-23(14-12-22)28(25,26)21(2)18-7-5-4-6-8-18/h9-10,15,18H,4-8,11-14H2,1-3H3. The second-order valence-electron chi connectivity index (χ2n) is 7.69. The van der Waals surface area contributed by atoms with Gasteiger partial charge in [-0.3, -0.25) is 4.79 Å². The third kappa shape index (κ3) is 4.34. The topological polar surface area (TPSA) is 70.2 Å². The molecule has 28 heavy (non-hydrogen) atoms. The summed E-state index contributed by atoms with van der Waals surface area (Å²) in [6, 6.07) is 5.50. The summed E-state index contributed by atoms with van der Waals surface area (Å²) in [4.78, 5) is 14.5. The van der Waals surface area contributed by atoms with Crippen LogP contribution in [-0.4, -0.2) is 74.2 Å². The minimum absolute atomic E-state index is 0.0871. The fraction of sp³-hybridized carbons (Fsp3) is 0.650. The molecule has 0 unspecified atom stereocenters. The van der Waals surface area contributed by atoms with Crippen molar-refractivity contribution < 1.29 is 17.9 Å². The second kappa shape index (κ2) is 8.80. The number of nitrogens with zero attached hydrogens (tertiary/aromatic N) is 3. The Kier molecular flexibility index (Phi) is 6.62. The summed E-state index contributed by atoms with van der Waals surface area (Å²) in [6.45, 7) is 3.38. The smallest absolute Gasteiger partial charge is 0.282 e. The van der Waals surface area contributed by atoms with Gasteiger partial charge in [0.1, 0.15) is 5.75 Å². The van der Waals surface area contributed by atoms with Crippen molar-refractivity contribution in [1.82, 2.24) is 13.5 Å². The van der Waals surface area contributed by atoms with E-state index in [1.165, 1.54) is 10.7 Å². The molecule has 1 amide bonds. The maximum absolute atomic E-state index is 13.0. The van der Waals surface area contributed by atoms with E-state index in [4.69, 9.17) is 4.74 Å². The zero-order valence-corrected chi connectivity index (χ0v) is 17.9. The van der Waals surface area contributed by atoms with E-state index in [1.54, 1.807) is 35.5 Å². The fourth-order valence-electron chi connectivity index (χ4n) is 4.07. The molecule has 0 aromatic heterocycles. The van der Waals surface area contributed by atoms with Crippen LogP contribution in [0.4, 0.5) is 0 Å². The lowest BCUT2D eigenvalue weighted by molar-refractivity contribution is 0.0692. The molecule has 7 nitrogen and oxygen atoms in total. The average Bonchev–Trinajstić information content (AvgIpc) is 2.73. The van der Waals surface area contributed by atoms with E-state index in [9.17, 15) is 13.2 Å². The van der Waals surface area contributed by atoms with Crippen molar-refractivity contribution in [3.8, 4) is 5.75 Å². The van der Waals surface area contributed by atoms with Gasteiger partial charge in [-0.1, -0.05) is 25.3 Å². The average molecular weight is 410 g/mol. The summed E-state index contributed by atoms with van der Waals surface area (Å²) in [5.41, 5.74) is 1.54. The highest BCUT2D eigenvalue weighted by molar-refractivity contribution is 7.86. The molecule has 1 saturated heterocycles. The van der Waals surface area contributed by atoms with Crippen LogP contribution >= 0.6 is 0 Å². The Morgan fingerprint density at radius 3 is 2.36 bits per heavy atom. The monoisotopic (exact) mass is 409 g/mol. The molecule has 0 N–H and O–H groups in total. The third-order valence-electron chi connectivity index (χ3n) is 5.96. The SMILES string of the molecule is COc1cc(C(=O)N2CCN(S(=O)(=O)N(C)C3CCCCC3)CC2)ccc1C. The van der Waals surface area contributed by atoms with Gasteiger partial charge in [0.25, 0.3) is 16.1 Å². The van der Waals surface area contributed by atoms with Gasteiger partial charge in [-0.25, -0.2) is 0 Å². The lowest BCUT2D eigenvalue weighted by Gasteiger charge is -2.38. The van der Waals surface area contributed by atoms with Gasteiger partial charge in [0, 0.05) is 44.8 Å². The summed E-state index contributed by atoms with van der Waals surface area (Å²) in [5, 5.41) is 0. The first-order valence-corrected chi connectivity index (χ1v) is 11.4. The molecule has 2 aliphatic rings. The molecule has 0 spiro atoms. The Bertz CT molecular complexity index is 798. The fourth-order valence-corrected chi connectivity index (χ4v) is 5.65. The Labute approximate surface area is 168 Å². The van der Waals surface area contributed by atoms with Crippen molar-refractivity contribution in [2.75, 3.05) is 40.3 Å². The normalized spacial score (nSPS) is 19.8. The van der Waals surface area contributed by atoms with E-state index < -0.39 is 10.2 Å². The van der Waals surface area contributed by atoms with Crippen molar-refractivity contribution in [1.29, 1.82) is 0 Å². The Balaban J connectivity index is 1.62. The molecule has 1 aromatic carbocycles. The number of aryl methyl sites for hydroxylation is 1. The summed E-state index contributed by atoms with van der Waals surface area (Å²) >= 11 is 0. The number of carbonyl (C=O) groups is 1. The number of hydrogen-bond acceptors (Lipinski definition) is 4. The van der Waals surface area contributed by atoms with Crippen LogP contribution in [0.1, 0.15) is 48.0 Å². The van der Waals surface area contributed by atoms with Gasteiger partial charge in [0.15, 0.2) is 0 Å². The highest BCUT2D eigenvalue weighted by atomic mass is 32.2. The van der Waals surface area contributed by atoms with Crippen LogP contribution in [0, 0.1) is 6.92 Å².